The second-order valence-electron chi connectivity index (χ2n) is 12.7. The summed E-state index contributed by atoms with van der Waals surface area (Å²) in [5, 5.41) is 20.1. The Labute approximate surface area is 262 Å². The zero-order chi connectivity index (χ0) is 33.7. The summed E-state index contributed by atoms with van der Waals surface area (Å²) in [6.45, 7) is 12.9. The van der Waals surface area contributed by atoms with Crippen LogP contribution in [0.1, 0.15) is 87.5 Å². The molecule has 1 fully saturated rings. The molecule has 6 atom stereocenters. The van der Waals surface area contributed by atoms with E-state index in [1.165, 1.54) is 11.9 Å². The van der Waals surface area contributed by atoms with E-state index >= 15 is 0 Å². The van der Waals surface area contributed by atoms with Crippen molar-refractivity contribution in [3.63, 3.8) is 0 Å². The van der Waals surface area contributed by atoms with Crippen molar-refractivity contribution in [3.05, 3.63) is 0 Å². The van der Waals surface area contributed by atoms with E-state index in [0.717, 1.165) is 19.3 Å². The molecule has 0 aliphatic carbocycles. The van der Waals surface area contributed by atoms with Gasteiger partial charge in [0, 0.05) is 7.05 Å². The minimum Gasteiger partial charge on any atom is -0.445 e. The van der Waals surface area contributed by atoms with Crippen LogP contribution in [0.15, 0.2) is 0 Å². The van der Waals surface area contributed by atoms with Crippen molar-refractivity contribution in [1.82, 2.24) is 26.2 Å². The predicted molar refractivity (Wildman–Crippen MR) is 165 cm³/mol. The summed E-state index contributed by atoms with van der Waals surface area (Å²) >= 11 is 0. The van der Waals surface area contributed by atoms with Gasteiger partial charge in [0.05, 0.1) is 25.1 Å². The number of hydrogen-bond acceptors (Lipinski definition) is 8. The Balaban J connectivity index is 3.55. The van der Waals surface area contributed by atoms with Crippen LogP contribution in [0.5, 0.6) is 0 Å². The summed E-state index contributed by atoms with van der Waals surface area (Å²) in [7, 11) is 1.50. The molecular formula is C31H55N5O8. The van der Waals surface area contributed by atoms with E-state index in [1.54, 1.807) is 48.5 Å². The molecule has 0 bridgehead atoms. The molecule has 5 amide bonds. The van der Waals surface area contributed by atoms with E-state index in [1.807, 2.05) is 0 Å². The normalized spacial score (nSPS) is 27.2. The zero-order valence-corrected chi connectivity index (χ0v) is 27.9. The van der Waals surface area contributed by atoms with Crippen molar-refractivity contribution in [2.24, 2.45) is 23.7 Å². The van der Waals surface area contributed by atoms with Crippen LogP contribution in [-0.4, -0.2) is 96.0 Å². The van der Waals surface area contributed by atoms with Crippen LogP contribution < -0.4 is 21.3 Å². The number of amides is 5. The molecule has 44 heavy (non-hydrogen) atoms. The fourth-order valence-corrected chi connectivity index (χ4v) is 5.28. The van der Waals surface area contributed by atoms with Crippen LogP contribution in [0.4, 0.5) is 4.79 Å². The summed E-state index contributed by atoms with van der Waals surface area (Å²) in [5.41, 5.74) is 0. The number of aliphatic hydroxyl groups excluding tert-OH is 1. The molecule has 13 heteroatoms. The van der Waals surface area contributed by atoms with E-state index in [2.05, 4.69) is 28.2 Å². The topological polar surface area (TPSA) is 183 Å². The van der Waals surface area contributed by atoms with Gasteiger partial charge in [0.2, 0.25) is 23.6 Å². The fourth-order valence-electron chi connectivity index (χ4n) is 5.28. The van der Waals surface area contributed by atoms with Crippen LogP contribution >= 0.6 is 0 Å². The number of nitrogens with zero attached hydrogens (tertiary/aromatic N) is 1. The maximum atomic E-state index is 13.7. The lowest BCUT2D eigenvalue weighted by Crippen LogP contribution is -2.61. The Morgan fingerprint density at radius 1 is 0.818 bits per heavy atom. The Kier molecular flexibility index (Phi) is 16.4. The molecule has 1 aliphatic rings. The first-order chi connectivity index (χ1) is 20.6. The number of rotatable bonds is 9. The molecule has 0 aromatic heterocycles. The van der Waals surface area contributed by atoms with Gasteiger partial charge in [0.15, 0.2) is 5.78 Å². The average Bonchev–Trinajstić information content (AvgIpc) is 2.95. The second-order valence-corrected chi connectivity index (χ2v) is 12.7. The summed E-state index contributed by atoms with van der Waals surface area (Å²) in [6.07, 6.45) is 2.27. The van der Waals surface area contributed by atoms with Crippen molar-refractivity contribution in [1.29, 1.82) is 0 Å². The fraction of sp³-hybridized carbons (Fsp3) is 0.806. The number of carbonyl (C=O) groups excluding carboxylic acids is 6. The highest BCUT2D eigenvalue weighted by Crippen LogP contribution is 2.22. The first-order valence-electron chi connectivity index (χ1n) is 15.8. The number of hydrogen-bond donors (Lipinski definition) is 5. The molecule has 0 radical (unpaired) electrons. The van der Waals surface area contributed by atoms with Crippen LogP contribution in [0.3, 0.4) is 0 Å². The number of unbranched alkanes of at least 4 members (excludes halogenated alkanes) is 3. The van der Waals surface area contributed by atoms with E-state index in [4.69, 9.17) is 4.74 Å². The summed E-state index contributed by atoms with van der Waals surface area (Å²) in [6, 6.07) is -4.50. The molecule has 1 saturated heterocycles. The van der Waals surface area contributed by atoms with Crippen molar-refractivity contribution in [3.8, 4) is 0 Å². The third-order valence-corrected chi connectivity index (χ3v) is 7.99. The zero-order valence-electron chi connectivity index (χ0n) is 27.9. The first kappa shape index (κ1) is 38.8. The molecule has 13 nitrogen and oxygen atoms in total. The second kappa shape index (κ2) is 18.6. The predicted octanol–water partition coefficient (Wildman–Crippen LogP) is 1.51. The molecular weight excluding hydrogens is 570 g/mol. The summed E-state index contributed by atoms with van der Waals surface area (Å²) in [5.74, 6) is -4.94. The molecule has 6 unspecified atom stereocenters. The van der Waals surface area contributed by atoms with Gasteiger partial charge in [-0.1, -0.05) is 74.7 Å². The van der Waals surface area contributed by atoms with Gasteiger partial charge in [-0.3, -0.25) is 24.0 Å². The van der Waals surface area contributed by atoms with E-state index < -0.39 is 90.8 Å². The third kappa shape index (κ3) is 11.4. The Bertz CT molecular complexity index is 1000. The van der Waals surface area contributed by atoms with Crippen LogP contribution in [-0.2, 0) is 28.7 Å². The number of alkyl carbamates (subject to hydrolysis) is 1. The monoisotopic (exact) mass is 625 g/mol. The number of ketones is 1. The molecule has 252 valence electrons. The molecule has 1 aliphatic heterocycles. The van der Waals surface area contributed by atoms with Gasteiger partial charge in [-0.25, -0.2) is 4.79 Å². The number of Topliss-reactive ketones (excluding diaryl/α,β-unsaturated/α-hetero) is 1. The van der Waals surface area contributed by atoms with Gasteiger partial charge in [-0.2, -0.15) is 0 Å². The number of carbonyl (C=O) groups is 6. The van der Waals surface area contributed by atoms with Gasteiger partial charge < -0.3 is 36.0 Å². The summed E-state index contributed by atoms with van der Waals surface area (Å²) < 4.78 is 5.69. The summed E-state index contributed by atoms with van der Waals surface area (Å²) in [4.78, 5) is 81.0. The highest BCUT2D eigenvalue weighted by Gasteiger charge is 2.38. The van der Waals surface area contributed by atoms with Gasteiger partial charge >= 0.3 is 6.09 Å². The number of cyclic esters (lactones) is 1. The average molecular weight is 626 g/mol. The van der Waals surface area contributed by atoms with Crippen LogP contribution in [0.25, 0.3) is 0 Å². The van der Waals surface area contributed by atoms with Crippen molar-refractivity contribution in [2.75, 3.05) is 20.2 Å². The molecule has 0 spiro atoms. The Hall–Kier alpha value is -3.22. The van der Waals surface area contributed by atoms with Crippen LogP contribution in [0, 0.1) is 23.7 Å². The quantitative estimate of drug-likeness (QED) is 0.239. The minimum atomic E-state index is -1.41. The maximum absolute atomic E-state index is 13.7. The van der Waals surface area contributed by atoms with Gasteiger partial charge in [0.1, 0.15) is 24.2 Å². The van der Waals surface area contributed by atoms with Gasteiger partial charge in [-0.05, 0) is 30.6 Å². The molecule has 1 heterocycles. The number of ether oxygens (including phenoxy) is 1. The highest BCUT2D eigenvalue weighted by atomic mass is 16.6. The Morgan fingerprint density at radius 3 is 1.93 bits per heavy atom. The minimum absolute atomic E-state index is 0.344. The first-order valence-corrected chi connectivity index (χ1v) is 15.8. The van der Waals surface area contributed by atoms with Crippen LogP contribution in [0.2, 0.25) is 0 Å². The van der Waals surface area contributed by atoms with Crippen molar-refractivity contribution >= 4 is 35.5 Å². The lowest BCUT2D eigenvalue weighted by Gasteiger charge is -2.35. The smallest absolute Gasteiger partial charge is 0.407 e. The van der Waals surface area contributed by atoms with Crippen molar-refractivity contribution < 1.29 is 38.6 Å². The molecule has 0 aromatic carbocycles. The van der Waals surface area contributed by atoms with Gasteiger partial charge in [-0.15, -0.1) is 0 Å². The third-order valence-electron chi connectivity index (χ3n) is 7.99. The Morgan fingerprint density at radius 2 is 1.41 bits per heavy atom. The number of nitrogens with one attached hydrogen (secondary N) is 4. The SMILES string of the molecule is CCCCCCC1OC(=O)NCC(=O)C(C(C)C)NC(=O)C(CO)NC(=O)C(C(C)C)NC(=O)C(C(C)C)N(C)C(=O)C1C. The lowest BCUT2D eigenvalue weighted by molar-refractivity contribution is -0.147. The van der Waals surface area contributed by atoms with Gasteiger partial charge in [0.25, 0.3) is 0 Å². The van der Waals surface area contributed by atoms with Crippen molar-refractivity contribution in [2.45, 2.75) is 118 Å². The molecule has 0 aromatic rings. The maximum Gasteiger partial charge on any atom is 0.407 e. The standard InChI is InChI=1S/C31H55N5O8/c1-10-11-12-13-14-23-20(8)30(42)36(9)26(19(6)7)29(41)35-25(18(4)5)28(40)33-21(16-37)27(39)34-24(17(2)3)22(38)15-32-31(43)44-23/h17-21,23-26,37H,10-16H2,1-9H3,(H,32,43)(H,33,40)(H,34,39)(H,35,41). The lowest BCUT2D eigenvalue weighted by atomic mass is 9.94. The molecule has 1 rings (SSSR count). The largest absolute Gasteiger partial charge is 0.445 e. The van der Waals surface area contributed by atoms with E-state index in [0.29, 0.717) is 12.8 Å². The van der Waals surface area contributed by atoms with E-state index in [-0.39, 0.29) is 11.8 Å². The molecule has 5 N–H and O–H groups in total. The number of aliphatic hydroxyl groups is 1. The molecule has 0 saturated carbocycles. The highest BCUT2D eigenvalue weighted by molar-refractivity contribution is 5.97. The number of likely N-dealkylation sites (N-methyl/N-ethyl adjacent to an activating group) is 1. The van der Waals surface area contributed by atoms with E-state index in [9.17, 15) is 33.9 Å².